The summed E-state index contributed by atoms with van der Waals surface area (Å²) in [5.74, 6) is -1.73. The van der Waals surface area contributed by atoms with Crippen LogP contribution in [0.4, 0.5) is 20.6 Å². The smallest absolute Gasteiger partial charge is 0.325 e. The normalized spacial score (nSPS) is 14.0. The van der Waals surface area contributed by atoms with Gasteiger partial charge in [-0.1, -0.05) is 12.1 Å². The first-order chi connectivity index (χ1) is 14.2. The molecule has 9 nitrogen and oxygen atoms in total. The zero-order chi connectivity index (χ0) is 21.9. The van der Waals surface area contributed by atoms with Gasteiger partial charge >= 0.3 is 6.03 Å². The summed E-state index contributed by atoms with van der Waals surface area (Å²) in [6.07, 6.45) is 0. The van der Waals surface area contributed by atoms with Crippen molar-refractivity contribution in [2.75, 3.05) is 29.9 Å². The maximum absolute atomic E-state index is 13.9. The predicted octanol–water partition coefficient (Wildman–Crippen LogP) is 1.53. The number of carbonyl (C=O) groups excluding carboxylic acids is 3. The minimum atomic E-state index is -3.97. The van der Waals surface area contributed by atoms with E-state index in [0.717, 1.165) is 6.92 Å². The summed E-state index contributed by atoms with van der Waals surface area (Å²) in [6, 6.07) is 10.6. The molecule has 2 N–H and O–H groups in total. The van der Waals surface area contributed by atoms with Gasteiger partial charge in [-0.3, -0.25) is 14.5 Å². The molecular weight excluding hydrogens is 415 g/mol. The van der Waals surface area contributed by atoms with Gasteiger partial charge in [0.2, 0.25) is 11.8 Å². The van der Waals surface area contributed by atoms with Crippen molar-refractivity contribution in [2.24, 2.45) is 0 Å². The molecule has 0 unspecified atom stereocenters. The zero-order valence-electron chi connectivity index (χ0n) is 16.0. The van der Waals surface area contributed by atoms with Crippen LogP contribution in [0.25, 0.3) is 0 Å². The molecule has 2 aromatic carbocycles. The zero-order valence-corrected chi connectivity index (χ0v) is 16.8. The molecule has 0 aliphatic carbocycles. The molecule has 0 spiro atoms. The van der Waals surface area contributed by atoms with Crippen LogP contribution in [0.1, 0.15) is 6.92 Å². The quantitative estimate of drug-likeness (QED) is 0.715. The molecule has 0 radical (unpaired) electrons. The number of sulfonamides is 1. The highest BCUT2D eigenvalue weighted by molar-refractivity contribution is 7.90. The van der Waals surface area contributed by atoms with Gasteiger partial charge in [-0.05, 0) is 36.4 Å². The molecule has 30 heavy (non-hydrogen) atoms. The summed E-state index contributed by atoms with van der Waals surface area (Å²) < 4.78 is 39.6. The molecule has 1 saturated heterocycles. The van der Waals surface area contributed by atoms with Gasteiger partial charge in [0.15, 0.2) is 0 Å². The Morgan fingerprint density at radius 2 is 1.73 bits per heavy atom. The van der Waals surface area contributed by atoms with Gasteiger partial charge in [0.25, 0.3) is 10.0 Å². The van der Waals surface area contributed by atoms with Crippen molar-refractivity contribution in [3.63, 3.8) is 0 Å². The fraction of sp³-hybridized carbons (Fsp3) is 0.211. The van der Waals surface area contributed by atoms with Crippen molar-refractivity contribution in [2.45, 2.75) is 11.8 Å². The van der Waals surface area contributed by atoms with Gasteiger partial charge in [-0.25, -0.2) is 22.3 Å². The Morgan fingerprint density at radius 1 is 1.07 bits per heavy atom. The average molecular weight is 434 g/mol. The van der Waals surface area contributed by atoms with Gasteiger partial charge < -0.3 is 10.2 Å². The summed E-state index contributed by atoms with van der Waals surface area (Å²) in [5, 5.41) is 2.57. The third-order valence-corrected chi connectivity index (χ3v) is 5.75. The fourth-order valence-corrected chi connectivity index (χ4v) is 3.95. The van der Waals surface area contributed by atoms with Crippen LogP contribution < -0.4 is 14.9 Å². The second-order valence-electron chi connectivity index (χ2n) is 6.54. The lowest BCUT2D eigenvalue weighted by Gasteiger charge is -2.19. The minimum absolute atomic E-state index is 0.133. The largest absolute Gasteiger partial charge is 0.325 e. The molecule has 0 bridgehead atoms. The van der Waals surface area contributed by atoms with E-state index >= 15 is 0 Å². The maximum Gasteiger partial charge on any atom is 0.325 e. The fourth-order valence-electron chi connectivity index (χ4n) is 2.96. The number of hydrogen-bond donors (Lipinski definition) is 2. The van der Waals surface area contributed by atoms with Crippen LogP contribution in [0.5, 0.6) is 0 Å². The molecule has 1 heterocycles. The summed E-state index contributed by atoms with van der Waals surface area (Å²) in [7, 11) is -3.97. The summed E-state index contributed by atoms with van der Waals surface area (Å²) in [4.78, 5) is 38.2. The number of anilines is 2. The van der Waals surface area contributed by atoms with Gasteiger partial charge in [-0.2, -0.15) is 0 Å². The van der Waals surface area contributed by atoms with Crippen molar-refractivity contribution in [3.8, 4) is 0 Å². The molecule has 158 valence electrons. The maximum atomic E-state index is 13.9. The van der Waals surface area contributed by atoms with E-state index in [2.05, 4.69) is 5.32 Å². The Kier molecular flexibility index (Phi) is 6.01. The van der Waals surface area contributed by atoms with E-state index in [4.69, 9.17) is 0 Å². The van der Waals surface area contributed by atoms with Crippen LogP contribution in [-0.2, 0) is 19.6 Å². The lowest BCUT2D eigenvalue weighted by Crippen LogP contribution is -2.37. The van der Waals surface area contributed by atoms with Crippen molar-refractivity contribution in [1.82, 2.24) is 9.62 Å². The SMILES string of the molecule is CC(=O)NS(=O)(=O)c1ccc(NC(=O)CN2CCN(c3ccccc3F)C2=O)cc1. The van der Waals surface area contributed by atoms with Crippen LogP contribution in [-0.4, -0.2) is 50.8 Å². The van der Waals surface area contributed by atoms with E-state index in [0.29, 0.717) is 5.69 Å². The molecule has 0 aromatic heterocycles. The molecule has 0 saturated carbocycles. The first-order valence-corrected chi connectivity index (χ1v) is 10.4. The van der Waals surface area contributed by atoms with E-state index in [9.17, 15) is 27.2 Å². The molecule has 2 aromatic rings. The Labute approximate surface area is 172 Å². The first kappa shape index (κ1) is 21.2. The minimum Gasteiger partial charge on any atom is -0.325 e. The second kappa shape index (κ2) is 8.49. The molecule has 1 aliphatic heterocycles. The van der Waals surface area contributed by atoms with Gasteiger partial charge in [0.1, 0.15) is 12.4 Å². The van der Waals surface area contributed by atoms with E-state index in [1.165, 1.54) is 52.3 Å². The van der Waals surface area contributed by atoms with Gasteiger partial charge in [-0.15, -0.1) is 0 Å². The highest BCUT2D eigenvalue weighted by Crippen LogP contribution is 2.23. The van der Waals surface area contributed by atoms with Crippen LogP contribution in [0.3, 0.4) is 0 Å². The number of nitrogens with zero attached hydrogens (tertiary/aromatic N) is 2. The Morgan fingerprint density at radius 3 is 2.37 bits per heavy atom. The standard InChI is InChI=1S/C19H19FN4O5S/c1-13(25)22-30(28,29)15-8-6-14(7-9-15)21-18(26)12-23-10-11-24(19(23)27)17-5-3-2-4-16(17)20/h2-9H,10-12H2,1H3,(H,21,26)(H,22,25). The number of nitrogens with one attached hydrogen (secondary N) is 2. The molecule has 11 heteroatoms. The third-order valence-electron chi connectivity index (χ3n) is 4.30. The average Bonchev–Trinajstić information content (AvgIpc) is 3.02. The number of halogens is 1. The predicted molar refractivity (Wildman–Crippen MR) is 107 cm³/mol. The second-order valence-corrected chi connectivity index (χ2v) is 8.22. The number of urea groups is 1. The van der Waals surface area contributed by atoms with Crippen LogP contribution in [0, 0.1) is 5.82 Å². The Bertz CT molecular complexity index is 1090. The van der Waals surface area contributed by atoms with Crippen LogP contribution in [0.2, 0.25) is 0 Å². The highest BCUT2D eigenvalue weighted by Gasteiger charge is 2.32. The Hall–Kier alpha value is -3.47. The van der Waals surface area contributed by atoms with Gasteiger partial charge in [0, 0.05) is 25.7 Å². The summed E-state index contributed by atoms with van der Waals surface area (Å²) in [5.41, 5.74) is 0.473. The molecule has 0 atom stereocenters. The number of carbonyl (C=O) groups is 3. The van der Waals surface area contributed by atoms with Gasteiger partial charge in [0.05, 0.1) is 10.6 Å². The number of rotatable bonds is 6. The van der Waals surface area contributed by atoms with Crippen LogP contribution in [0.15, 0.2) is 53.4 Å². The van der Waals surface area contributed by atoms with Crippen molar-refractivity contribution >= 4 is 39.2 Å². The number of amides is 4. The number of hydrogen-bond acceptors (Lipinski definition) is 5. The van der Waals surface area contributed by atoms with E-state index in [1.807, 2.05) is 4.72 Å². The van der Waals surface area contributed by atoms with Crippen molar-refractivity contribution < 1.29 is 27.2 Å². The molecule has 1 aliphatic rings. The third kappa shape index (κ3) is 4.74. The molecule has 1 fully saturated rings. The number of benzene rings is 2. The lowest BCUT2D eigenvalue weighted by atomic mass is 10.3. The summed E-state index contributed by atoms with van der Waals surface area (Å²) >= 11 is 0. The van der Waals surface area contributed by atoms with Crippen molar-refractivity contribution in [3.05, 3.63) is 54.3 Å². The summed E-state index contributed by atoms with van der Waals surface area (Å²) in [6.45, 7) is 1.35. The highest BCUT2D eigenvalue weighted by atomic mass is 32.2. The number of para-hydroxylation sites is 1. The molecular formula is C19H19FN4O5S. The van der Waals surface area contributed by atoms with E-state index in [1.54, 1.807) is 6.07 Å². The first-order valence-electron chi connectivity index (χ1n) is 8.91. The topological polar surface area (TPSA) is 116 Å². The molecule has 4 amide bonds. The van der Waals surface area contributed by atoms with Crippen LogP contribution >= 0.6 is 0 Å². The monoisotopic (exact) mass is 434 g/mol. The lowest BCUT2D eigenvalue weighted by molar-refractivity contribution is -0.117. The molecule has 3 rings (SSSR count). The van der Waals surface area contributed by atoms with E-state index in [-0.39, 0.29) is 30.2 Å². The Balaban J connectivity index is 1.60. The van der Waals surface area contributed by atoms with Crippen molar-refractivity contribution in [1.29, 1.82) is 0 Å². The van der Waals surface area contributed by atoms with E-state index < -0.39 is 33.7 Å².